The van der Waals surface area contributed by atoms with Crippen LogP contribution in [0.1, 0.15) is 20.8 Å². The van der Waals surface area contributed by atoms with Crippen molar-refractivity contribution < 1.29 is 104 Å². The van der Waals surface area contributed by atoms with Crippen molar-refractivity contribution in [3.05, 3.63) is 0 Å². The molecule has 0 spiro atoms. The van der Waals surface area contributed by atoms with Crippen molar-refractivity contribution in [1.29, 1.82) is 0 Å². The second kappa shape index (κ2) is 19.2. The Morgan fingerprint density at radius 3 is 1.43 bits per heavy atom. The maximum Gasteiger partial charge on any atom is 0.217 e. The van der Waals surface area contributed by atoms with Crippen LogP contribution < -0.4 is 16.0 Å². The highest BCUT2D eigenvalue weighted by molar-refractivity contribution is 5.74. The number of aliphatic hydroxyl groups excluding tert-OH is 11. The van der Waals surface area contributed by atoms with Crippen molar-refractivity contribution in [3.8, 4) is 0 Å². The predicted molar refractivity (Wildman–Crippen MR) is 169 cm³/mol. The third-order valence-corrected chi connectivity index (χ3v) is 9.39. The molecule has 0 unspecified atom stereocenters. The van der Waals surface area contributed by atoms with Crippen LogP contribution in [0.25, 0.3) is 0 Å². The van der Waals surface area contributed by atoms with E-state index in [4.69, 9.17) is 33.2 Å². The Kier molecular flexibility index (Phi) is 15.8. The van der Waals surface area contributed by atoms with Gasteiger partial charge in [-0.1, -0.05) is 0 Å². The zero-order valence-corrected chi connectivity index (χ0v) is 29.4. The van der Waals surface area contributed by atoms with Gasteiger partial charge < -0.3 is 105 Å². The molecule has 4 aliphatic heterocycles. The minimum absolute atomic E-state index is 0.645. The highest BCUT2D eigenvalue weighted by atomic mass is 16.7. The first-order valence-electron chi connectivity index (χ1n) is 17.1. The van der Waals surface area contributed by atoms with Crippen molar-refractivity contribution in [1.82, 2.24) is 16.0 Å². The van der Waals surface area contributed by atoms with E-state index in [0.29, 0.717) is 0 Å². The molecule has 54 heavy (non-hydrogen) atoms. The highest BCUT2D eigenvalue weighted by Crippen LogP contribution is 2.33. The molecule has 20 atom stereocenters. The molecule has 4 fully saturated rings. The van der Waals surface area contributed by atoms with E-state index in [1.165, 1.54) is 0 Å². The molecular formula is C30H51N3O21. The van der Waals surface area contributed by atoms with Crippen LogP contribution in [0.2, 0.25) is 0 Å². The Hall–Kier alpha value is -2.31. The summed E-state index contributed by atoms with van der Waals surface area (Å²) < 4.78 is 39.4. The zero-order chi connectivity index (χ0) is 40.2. The molecule has 0 aromatic carbocycles. The summed E-state index contributed by atoms with van der Waals surface area (Å²) in [7, 11) is 0. The lowest BCUT2D eigenvalue weighted by Crippen LogP contribution is -2.69. The summed E-state index contributed by atoms with van der Waals surface area (Å²) in [5.41, 5.74) is 0. The Bertz CT molecular complexity index is 1250. The van der Waals surface area contributed by atoms with Crippen molar-refractivity contribution in [3.63, 3.8) is 0 Å². The molecule has 0 bridgehead atoms. The molecule has 0 aromatic heterocycles. The number of rotatable bonds is 13. The van der Waals surface area contributed by atoms with Gasteiger partial charge in [0, 0.05) is 20.8 Å². The van der Waals surface area contributed by atoms with Gasteiger partial charge in [0.05, 0.1) is 26.4 Å². The first kappa shape index (κ1) is 44.4. The van der Waals surface area contributed by atoms with Crippen molar-refractivity contribution >= 4 is 17.7 Å². The van der Waals surface area contributed by atoms with Gasteiger partial charge in [0.15, 0.2) is 25.2 Å². The smallest absolute Gasteiger partial charge is 0.217 e. The zero-order valence-electron chi connectivity index (χ0n) is 29.4. The van der Waals surface area contributed by atoms with E-state index in [1.54, 1.807) is 0 Å². The Balaban J connectivity index is 1.52. The Labute approximate surface area is 307 Å². The molecule has 312 valence electrons. The molecule has 24 nitrogen and oxygen atoms in total. The molecule has 4 aliphatic rings. The van der Waals surface area contributed by atoms with Crippen LogP contribution in [0.3, 0.4) is 0 Å². The van der Waals surface area contributed by atoms with E-state index in [9.17, 15) is 70.6 Å². The quantitative estimate of drug-likeness (QED) is 0.0823. The highest BCUT2D eigenvalue weighted by Gasteiger charge is 2.54. The summed E-state index contributed by atoms with van der Waals surface area (Å²) in [4.78, 5) is 35.7. The molecule has 0 saturated carbocycles. The second-order valence-electron chi connectivity index (χ2n) is 13.4. The molecule has 0 aliphatic carbocycles. The standard InChI is InChI=1S/C30H51N3O21/c1-8(37)31-15-21(43)18(40)11(4-34)50-28(15)48-7-14-20(42)26(17(27(47)49-14)33-10(3)39)54-30-24(46)23(45)25(13(6-36)52-30)53-29-16(32-9(2)38)22(44)19(41)12(5-35)51-29/h11-30,34-36,40-47H,4-7H2,1-3H3,(H,31,37)(H,32,38)(H,33,39)/t11-,12-,13-,14-,15-,16-,17-,18-,19-,20+,21-,22-,23-,24-,25+,26-,27+,28-,29-,30+/m1/s1. The van der Waals surface area contributed by atoms with Gasteiger partial charge in [0.25, 0.3) is 0 Å². The molecule has 0 aromatic rings. The SMILES string of the molecule is CC(=O)N[C@@H]1[C@@H](O[C@@H]2O[C@H](CO)[C@H](O[C@H]3O[C@H](CO)[C@@H](O)[C@H](O)[C@H]3NC(C)=O)[C@H](O)[C@H]2O)[C@@H](O)[C@@H](CO[C@@H]2O[C@H](CO)[C@@H](O)[C@H](O)[C@H]2NC(C)=O)O[C@@H]1O. The lowest BCUT2D eigenvalue weighted by Gasteiger charge is -2.49. The topological polar surface area (TPSA) is 374 Å². The number of carbonyl (C=O) groups excluding carboxylic acids is 3. The predicted octanol–water partition coefficient (Wildman–Crippen LogP) is -9.32. The van der Waals surface area contributed by atoms with Gasteiger partial charge >= 0.3 is 0 Å². The van der Waals surface area contributed by atoms with Gasteiger partial charge in [0.1, 0.15) is 97.5 Å². The monoisotopic (exact) mass is 789 g/mol. The van der Waals surface area contributed by atoms with Gasteiger partial charge in [-0.2, -0.15) is 0 Å². The lowest BCUT2D eigenvalue weighted by atomic mass is 9.94. The van der Waals surface area contributed by atoms with Crippen LogP contribution in [0, 0.1) is 0 Å². The molecule has 3 amide bonds. The first-order valence-corrected chi connectivity index (χ1v) is 17.1. The summed E-state index contributed by atoms with van der Waals surface area (Å²) in [6.45, 7) is 0.136. The van der Waals surface area contributed by atoms with Crippen molar-refractivity contribution in [2.75, 3.05) is 26.4 Å². The minimum atomic E-state index is -2.07. The van der Waals surface area contributed by atoms with Gasteiger partial charge in [-0.15, -0.1) is 0 Å². The number of nitrogens with one attached hydrogen (secondary N) is 3. The Morgan fingerprint density at radius 2 is 0.926 bits per heavy atom. The molecule has 4 heterocycles. The van der Waals surface area contributed by atoms with E-state index >= 15 is 0 Å². The number of ether oxygens (including phenoxy) is 7. The van der Waals surface area contributed by atoms with Gasteiger partial charge in [0.2, 0.25) is 17.7 Å². The average Bonchev–Trinajstić information content (AvgIpc) is 3.11. The molecule has 4 rings (SSSR count). The summed E-state index contributed by atoms with van der Waals surface area (Å²) in [5.74, 6) is -2.05. The van der Waals surface area contributed by atoms with Gasteiger partial charge in [-0.25, -0.2) is 0 Å². The van der Waals surface area contributed by atoms with Gasteiger partial charge in [-0.05, 0) is 0 Å². The summed E-state index contributed by atoms with van der Waals surface area (Å²) >= 11 is 0. The maximum atomic E-state index is 12.1. The van der Waals surface area contributed by atoms with Crippen LogP contribution in [-0.2, 0) is 47.5 Å². The lowest BCUT2D eigenvalue weighted by molar-refractivity contribution is -0.366. The molecule has 14 N–H and O–H groups in total. The van der Waals surface area contributed by atoms with Crippen molar-refractivity contribution in [2.45, 2.75) is 143 Å². The third-order valence-electron chi connectivity index (χ3n) is 9.39. The first-order chi connectivity index (χ1) is 25.4. The van der Waals surface area contributed by atoms with Crippen LogP contribution in [0.15, 0.2) is 0 Å². The van der Waals surface area contributed by atoms with E-state index in [0.717, 1.165) is 20.8 Å². The fourth-order valence-corrected chi connectivity index (χ4v) is 6.65. The maximum absolute atomic E-state index is 12.1. The summed E-state index contributed by atoms with van der Waals surface area (Å²) in [6, 6.07) is -4.41. The number of aliphatic hydroxyl groups is 11. The van der Waals surface area contributed by atoms with E-state index in [-0.39, 0.29) is 0 Å². The normalized spacial score (nSPS) is 45.7. The average molecular weight is 790 g/mol. The molecule has 24 heteroatoms. The van der Waals surface area contributed by atoms with Crippen LogP contribution in [0.4, 0.5) is 0 Å². The third kappa shape index (κ3) is 9.97. The van der Waals surface area contributed by atoms with Crippen LogP contribution in [-0.4, -0.2) is 223 Å². The van der Waals surface area contributed by atoms with Gasteiger partial charge in [-0.3, -0.25) is 14.4 Å². The van der Waals surface area contributed by atoms with Crippen LogP contribution in [0.5, 0.6) is 0 Å². The largest absolute Gasteiger partial charge is 0.394 e. The number of carbonyl (C=O) groups is 3. The molecule has 4 saturated heterocycles. The fraction of sp³-hybridized carbons (Fsp3) is 0.900. The molecular weight excluding hydrogens is 738 g/mol. The second-order valence-corrected chi connectivity index (χ2v) is 13.4. The molecule has 0 radical (unpaired) electrons. The van der Waals surface area contributed by atoms with Crippen LogP contribution >= 0.6 is 0 Å². The van der Waals surface area contributed by atoms with E-state index < -0.39 is 167 Å². The summed E-state index contributed by atoms with van der Waals surface area (Å²) in [5, 5.41) is 123. The fourth-order valence-electron chi connectivity index (χ4n) is 6.65. The van der Waals surface area contributed by atoms with E-state index in [1.807, 2.05) is 0 Å². The summed E-state index contributed by atoms with van der Waals surface area (Å²) in [6.07, 6.45) is -29.0. The minimum Gasteiger partial charge on any atom is -0.394 e. The number of hydrogen-bond donors (Lipinski definition) is 14. The number of amides is 3. The Morgan fingerprint density at radius 1 is 0.481 bits per heavy atom. The number of hydrogen-bond acceptors (Lipinski definition) is 21. The van der Waals surface area contributed by atoms with E-state index in [2.05, 4.69) is 16.0 Å². The van der Waals surface area contributed by atoms with Crippen molar-refractivity contribution in [2.24, 2.45) is 0 Å².